The van der Waals surface area contributed by atoms with Crippen LogP contribution in [0.1, 0.15) is 23.3 Å². The highest BCUT2D eigenvalue weighted by atomic mass is 32.2. The lowest BCUT2D eigenvalue weighted by atomic mass is 9.97. The number of nitrogens with two attached hydrogens (primary N) is 1. The van der Waals surface area contributed by atoms with Gasteiger partial charge in [-0.1, -0.05) is 11.8 Å². The molecule has 1 aromatic heterocycles. The lowest BCUT2D eigenvalue weighted by Crippen LogP contribution is -2.44. The predicted octanol–water partition coefficient (Wildman–Crippen LogP) is 2.07. The van der Waals surface area contributed by atoms with Crippen molar-refractivity contribution in [1.82, 2.24) is 14.5 Å². The maximum Gasteiger partial charge on any atom is 0.272 e. The van der Waals surface area contributed by atoms with Crippen molar-refractivity contribution in [1.29, 1.82) is 0 Å². The van der Waals surface area contributed by atoms with Gasteiger partial charge in [-0.25, -0.2) is 9.37 Å². The maximum absolute atomic E-state index is 13.2. The number of benzene rings is 1. The number of likely N-dealkylation sites (tertiary alicyclic amines) is 1. The molecule has 3 rings (SSSR count). The van der Waals surface area contributed by atoms with Crippen molar-refractivity contribution >= 4 is 23.6 Å². The van der Waals surface area contributed by atoms with Crippen LogP contribution in [-0.2, 0) is 4.79 Å². The van der Waals surface area contributed by atoms with Gasteiger partial charge >= 0.3 is 0 Å². The van der Waals surface area contributed by atoms with Gasteiger partial charge < -0.3 is 10.6 Å². The second-order valence-electron chi connectivity index (χ2n) is 5.93. The summed E-state index contributed by atoms with van der Waals surface area (Å²) in [5.41, 5.74) is 6.45. The highest BCUT2D eigenvalue weighted by Gasteiger charge is 2.30. The third kappa shape index (κ3) is 3.53. The van der Waals surface area contributed by atoms with E-state index in [9.17, 15) is 14.0 Å². The molecule has 1 aliphatic heterocycles. The molecule has 0 spiro atoms. The Kier molecular flexibility index (Phi) is 5.08. The molecule has 0 bridgehead atoms. The zero-order valence-electron chi connectivity index (χ0n) is 13.8. The van der Waals surface area contributed by atoms with Crippen molar-refractivity contribution in [3.05, 3.63) is 42.0 Å². The zero-order chi connectivity index (χ0) is 18.0. The van der Waals surface area contributed by atoms with Crippen LogP contribution in [0.3, 0.4) is 0 Å². The van der Waals surface area contributed by atoms with Gasteiger partial charge in [0.05, 0.1) is 12.1 Å². The average molecular weight is 362 g/mol. The van der Waals surface area contributed by atoms with E-state index in [4.69, 9.17) is 5.73 Å². The molecule has 0 radical (unpaired) electrons. The molecule has 2 N–H and O–H groups in total. The second kappa shape index (κ2) is 7.26. The molecule has 2 amide bonds. The number of thioether (sulfide) groups is 1. The van der Waals surface area contributed by atoms with Gasteiger partial charge in [0.15, 0.2) is 5.16 Å². The van der Waals surface area contributed by atoms with E-state index in [1.807, 2.05) is 6.26 Å². The van der Waals surface area contributed by atoms with Gasteiger partial charge in [-0.15, -0.1) is 0 Å². The summed E-state index contributed by atoms with van der Waals surface area (Å²) < 4.78 is 14.9. The molecule has 0 aliphatic carbocycles. The van der Waals surface area contributed by atoms with Crippen LogP contribution in [0.4, 0.5) is 4.39 Å². The summed E-state index contributed by atoms with van der Waals surface area (Å²) in [4.78, 5) is 30.4. The van der Waals surface area contributed by atoms with E-state index in [1.54, 1.807) is 21.6 Å². The molecule has 1 aliphatic rings. The molecular formula is C17H19FN4O2S. The molecule has 1 fully saturated rings. The third-order valence-electron chi connectivity index (χ3n) is 4.33. The summed E-state index contributed by atoms with van der Waals surface area (Å²) in [5, 5.41) is 0.637. The minimum atomic E-state index is -0.380. The monoisotopic (exact) mass is 362 g/mol. The Morgan fingerprint density at radius 3 is 2.68 bits per heavy atom. The van der Waals surface area contributed by atoms with E-state index in [1.165, 1.54) is 30.1 Å². The van der Waals surface area contributed by atoms with E-state index in [0.717, 1.165) is 6.42 Å². The Morgan fingerprint density at radius 1 is 1.32 bits per heavy atom. The van der Waals surface area contributed by atoms with Crippen LogP contribution >= 0.6 is 11.8 Å². The number of carbonyl (C=O) groups is 2. The largest absolute Gasteiger partial charge is 0.369 e. The number of imidazole rings is 1. The fourth-order valence-corrected chi connectivity index (χ4v) is 3.57. The molecule has 2 aromatic rings. The van der Waals surface area contributed by atoms with Crippen LogP contribution in [0.2, 0.25) is 0 Å². The number of hydrogen-bond donors (Lipinski definition) is 1. The van der Waals surface area contributed by atoms with Crippen LogP contribution < -0.4 is 5.73 Å². The highest BCUT2D eigenvalue weighted by Crippen LogP contribution is 2.25. The van der Waals surface area contributed by atoms with Gasteiger partial charge in [-0.3, -0.25) is 14.2 Å². The minimum absolute atomic E-state index is 0.205. The summed E-state index contributed by atoms with van der Waals surface area (Å²) in [7, 11) is 0. The third-order valence-corrected chi connectivity index (χ3v) is 4.98. The normalized spacial score (nSPS) is 17.5. The fraction of sp³-hybridized carbons (Fsp3) is 0.353. The average Bonchev–Trinajstić information content (AvgIpc) is 3.05. The van der Waals surface area contributed by atoms with Crippen LogP contribution in [0.5, 0.6) is 0 Å². The van der Waals surface area contributed by atoms with Gasteiger partial charge in [0.2, 0.25) is 5.91 Å². The number of carbonyl (C=O) groups excluding carboxylic acids is 2. The highest BCUT2D eigenvalue weighted by molar-refractivity contribution is 7.98. The molecule has 1 aromatic carbocycles. The van der Waals surface area contributed by atoms with Crippen molar-refractivity contribution in [2.24, 2.45) is 11.7 Å². The Morgan fingerprint density at radius 2 is 2.04 bits per heavy atom. The van der Waals surface area contributed by atoms with E-state index >= 15 is 0 Å². The number of halogens is 1. The Bertz CT molecular complexity index is 790. The Hall–Kier alpha value is -2.35. The number of hydrogen-bond acceptors (Lipinski definition) is 4. The predicted molar refractivity (Wildman–Crippen MR) is 93.1 cm³/mol. The zero-order valence-corrected chi connectivity index (χ0v) is 14.6. The molecule has 1 unspecified atom stereocenters. The van der Waals surface area contributed by atoms with Gasteiger partial charge in [0, 0.05) is 18.8 Å². The van der Waals surface area contributed by atoms with Crippen LogP contribution in [-0.4, -0.2) is 45.6 Å². The summed E-state index contributed by atoms with van der Waals surface area (Å²) in [6, 6.07) is 5.90. The summed E-state index contributed by atoms with van der Waals surface area (Å²) >= 11 is 1.40. The smallest absolute Gasteiger partial charge is 0.272 e. The molecule has 2 heterocycles. The topological polar surface area (TPSA) is 81.2 Å². The summed E-state index contributed by atoms with van der Waals surface area (Å²) in [5.74, 6) is -1.25. The first-order valence-electron chi connectivity index (χ1n) is 7.97. The van der Waals surface area contributed by atoms with Gasteiger partial charge in [-0.2, -0.15) is 0 Å². The number of nitrogens with zero attached hydrogens (tertiary/aromatic N) is 3. The molecule has 6 nitrogen and oxygen atoms in total. The van der Waals surface area contributed by atoms with Crippen LogP contribution in [0.15, 0.2) is 35.6 Å². The van der Waals surface area contributed by atoms with Crippen molar-refractivity contribution in [2.45, 2.75) is 18.0 Å². The van der Waals surface area contributed by atoms with Crippen molar-refractivity contribution in [2.75, 3.05) is 19.3 Å². The molecule has 8 heteroatoms. The van der Waals surface area contributed by atoms with E-state index < -0.39 is 0 Å². The number of rotatable bonds is 4. The molecule has 1 atom stereocenters. The maximum atomic E-state index is 13.2. The second-order valence-corrected chi connectivity index (χ2v) is 6.71. The van der Waals surface area contributed by atoms with Gasteiger partial charge in [0.1, 0.15) is 11.5 Å². The summed E-state index contributed by atoms with van der Waals surface area (Å²) in [6.07, 6.45) is 4.82. The van der Waals surface area contributed by atoms with Gasteiger partial charge in [0.25, 0.3) is 5.91 Å². The lowest BCUT2D eigenvalue weighted by molar-refractivity contribution is -0.123. The molecule has 1 saturated heterocycles. The Balaban J connectivity index is 1.94. The first-order chi connectivity index (χ1) is 12.0. The lowest BCUT2D eigenvalue weighted by Gasteiger charge is -2.31. The molecule has 25 heavy (non-hydrogen) atoms. The van der Waals surface area contributed by atoms with Crippen LogP contribution in [0.25, 0.3) is 5.69 Å². The van der Waals surface area contributed by atoms with Crippen molar-refractivity contribution in [3.63, 3.8) is 0 Å². The van der Waals surface area contributed by atoms with E-state index in [0.29, 0.717) is 36.0 Å². The first kappa shape index (κ1) is 17.5. The number of aromatic nitrogens is 2. The minimum Gasteiger partial charge on any atom is -0.369 e. The molecule has 0 saturated carbocycles. The van der Waals surface area contributed by atoms with Crippen molar-refractivity contribution < 1.29 is 14.0 Å². The van der Waals surface area contributed by atoms with Crippen LogP contribution in [0, 0.1) is 11.7 Å². The standard InChI is InChI=1S/C17H19FN4O2S/c1-25-17-20-9-14(22(17)13-6-4-12(18)5-7-13)16(24)21-8-2-3-11(10-21)15(19)23/h4-7,9,11H,2-3,8,10H2,1H3,(H2,19,23). The SMILES string of the molecule is CSc1ncc(C(=O)N2CCCC(C(N)=O)C2)n1-c1ccc(F)cc1. The number of primary amides is 1. The number of piperidine rings is 1. The van der Waals surface area contributed by atoms with E-state index in [-0.39, 0.29) is 23.5 Å². The molecular weight excluding hydrogens is 343 g/mol. The Labute approximate surface area is 149 Å². The van der Waals surface area contributed by atoms with Crippen molar-refractivity contribution in [3.8, 4) is 5.69 Å². The summed E-state index contributed by atoms with van der Waals surface area (Å²) in [6.45, 7) is 0.892. The molecule has 132 valence electrons. The first-order valence-corrected chi connectivity index (χ1v) is 9.20. The quantitative estimate of drug-likeness (QED) is 0.845. The fourth-order valence-electron chi connectivity index (χ4n) is 3.03. The van der Waals surface area contributed by atoms with Gasteiger partial charge in [-0.05, 0) is 43.4 Å². The van der Waals surface area contributed by atoms with E-state index in [2.05, 4.69) is 4.98 Å². The number of amides is 2.